The molecule has 0 aliphatic rings. The third-order valence-corrected chi connectivity index (χ3v) is 5.45. The van der Waals surface area contributed by atoms with Gasteiger partial charge in [0.05, 0.1) is 25.1 Å². The van der Waals surface area contributed by atoms with Gasteiger partial charge in [-0.15, -0.1) is 10.2 Å². The number of carbonyl (C=O) groups is 1. The fourth-order valence-electron chi connectivity index (χ4n) is 2.97. The predicted molar refractivity (Wildman–Crippen MR) is 120 cm³/mol. The maximum atomic E-state index is 12.4. The molecule has 0 aliphatic heterocycles. The number of nitrogens with zero attached hydrogens (tertiary/aromatic N) is 4. The monoisotopic (exact) mass is 431 g/mol. The van der Waals surface area contributed by atoms with E-state index in [2.05, 4.69) is 20.5 Å². The van der Waals surface area contributed by atoms with E-state index in [1.165, 1.54) is 11.8 Å². The molecule has 0 atom stereocenters. The first-order valence-electron chi connectivity index (χ1n) is 9.69. The predicted octanol–water partition coefficient (Wildman–Crippen LogP) is 3.75. The number of carbonyl (C=O) groups excluding carboxylic acids is 1. The largest absolute Gasteiger partial charge is 0.497 e. The second-order valence-corrected chi connectivity index (χ2v) is 7.53. The van der Waals surface area contributed by atoms with Crippen molar-refractivity contribution in [2.24, 2.45) is 0 Å². The molecule has 2 aromatic heterocycles. The number of nitrogens with one attached hydrogen (secondary N) is 1. The molecule has 0 spiro atoms. The van der Waals surface area contributed by atoms with Crippen LogP contribution in [0.5, 0.6) is 5.75 Å². The van der Waals surface area contributed by atoms with E-state index in [0.29, 0.717) is 17.5 Å². The van der Waals surface area contributed by atoms with Crippen molar-refractivity contribution < 1.29 is 9.53 Å². The summed E-state index contributed by atoms with van der Waals surface area (Å²) in [6, 6.07) is 23.1. The first-order valence-corrected chi connectivity index (χ1v) is 10.7. The highest BCUT2D eigenvalue weighted by Crippen LogP contribution is 2.28. The highest BCUT2D eigenvalue weighted by Gasteiger charge is 2.17. The zero-order chi connectivity index (χ0) is 21.5. The van der Waals surface area contributed by atoms with Gasteiger partial charge in [0.15, 0.2) is 11.0 Å². The van der Waals surface area contributed by atoms with E-state index in [-0.39, 0.29) is 11.7 Å². The van der Waals surface area contributed by atoms with E-state index in [9.17, 15) is 4.79 Å². The average molecular weight is 432 g/mol. The SMILES string of the molecule is COc1ccc(-c2nnc(SCC(=O)NCc3ccccn3)n2-c2ccccc2)cc1. The van der Waals surface area contributed by atoms with Crippen molar-refractivity contribution >= 4 is 17.7 Å². The Morgan fingerprint density at radius 1 is 1.00 bits per heavy atom. The Kier molecular flexibility index (Phi) is 6.59. The minimum Gasteiger partial charge on any atom is -0.497 e. The third-order valence-electron chi connectivity index (χ3n) is 4.52. The second kappa shape index (κ2) is 9.90. The molecule has 7 nitrogen and oxygen atoms in total. The van der Waals surface area contributed by atoms with Gasteiger partial charge in [-0.3, -0.25) is 14.3 Å². The molecule has 1 N–H and O–H groups in total. The summed E-state index contributed by atoms with van der Waals surface area (Å²) in [5.41, 5.74) is 2.65. The van der Waals surface area contributed by atoms with Gasteiger partial charge in [-0.1, -0.05) is 36.0 Å². The molecule has 156 valence electrons. The van der Waals surface area contributed by atoms with Crippen LogP contribution >= 0.6 is 11.8 Å². The van der Waals surface area contributed by atoms with Gasteiger partial charge in [-0.05, 0) is 48.5 Å². The zero-order valence-corrected chi connectivity index (χ0v) is 17.7. The van der Waals surface area contributed by atoms with E-state index >= 15 is 0 Å². The Labute approximate surface area is 184 Å². The molecule has 4 rings (SSSR count). The van der Waals surface area contributed by atoms with E-state index in [0.717, 1.165) is 22.7 Å². The van der Waals surface area contributed by atoms with Gasteiger partial charge < -0.3 is 10.1 Å². The van der Waals surface area contributed by atoms with Gasteiger partial charge in [-0.25, -0.2) is 0 Å². The lowest BCUT2D eigenvalue weighted by atomic mass is 10.2. The maximum Gasteiger partial charge on any atom is 0.230 e. The highest BCUT2D eigenvalue weighted by atomic mass is 32.2. The summed E-state index contributed by atoms with van der Waals surface area (Å²) < 4.78 is 7.21. The van der Waals surface area contributed by atoms with Gasteiger partial charge in [0, 0.05) is 17.4 Å². The summed E-state index contributed by atoms with van der Waals surface area (Å²) in [6.45, 7) is 0.392. The van der Waals surface area contributed by atoms with Crippen molar-refractivity contribution in [2.45, 2.75) is 11.7 Å². The molecule has 31 heavy (non-hydrogen) atoms. The molecular weight excluding hydrogens is 410 g/mol. The smallest absolute Gasteiger partial charge is 0.230 e. The molecule has 4 aromatic rings. The van der Waals surface area contributed by atoms with Gasteiger partial charge in [0.25, 0.3) is 0 Å². The van der Waals surface area contributed by atoms with Crippen LogP contribution in [-0.4, -0.2) is 38.5 Å². The molecule has 0 unspecified atom stereocenters. The first kappa shape index (κ1) is 20.6. The molecule has 1 amide bonds. The van der Waals surface area contributed by atoms with Crippen LogP contribution in [0.25, 0.3) is 17.1 Å². The van der Waals surface area contributed by atoms with Crippen molar-refractivity contribution in [3.8, 4) is 22.8 Å². The average Bonchev–Trinajstić information content (AvgIpc) is 3.26. The number of amides is 1. The Bertz CT molecular complexity index is 1130. The number of aromatic nitrogens is 4. The number of benzene rings is 2. The lowest BCUT2D eigenvalue weighted by Gasteiger charge is -2.11. The van der Waals surface area contributed by atoms with Crippen LogP contribution in [0.1, 0.15) is 5.69 Å². The van der Waals surface area contributed by atoms with Crippen LogP contribution in [0, 0.1) is 0 Å². The highest BCUT2D eigenvalue weighted by molar-refractivity contribution is 7.99. The minimum atomic E-state index is -0.0933. The van der Waals surface area contributed by atoms with Crippen LogP contribution < -0.4 is 10.1 Å². The standard InChI is InChI=1S/C23H21N5O2S/c1-30-20-12-10-17(11-13-20)22-26-27-23(28(22)19-8-3-2-4-9-19)31-16-21(29)25-15-18-7-5-6-14-24-18/h2-14H,15-16H2,1H3,(H,25,29). The van der Waals surface area contributed by atoms with E-state index in [1.807, 2.05) is 77.4 Å². The molecule has 2 aromatic carbocycles. The Morgan fingerprint density at radius 3 is 2.48 bits per heavy atom. The lowest BCUT2D eigenvalue weighted by Crippen LogP contribution is -2.25. The Hall–Kier alpha value is -3.65. The van der Waals surface area contributed by atoms with Crippen LogP contribution in [-0.2, 0) is 11.3 Å². The number of thioether (sulfide) groups is 1. The van der Waals surface area contributed by atoms with Gasteiger partial charge >= 0.3 is 0 Å². The summed E-state index contributed by atoms with van der Waals surface area (Å²) in [6.07, 6.45) is 1.71. The first-order chi connectivity index (χ1) is 15.2. The molecule has 0 saturated heterocycles. The Balaban J connectivity index is 1.53. The lowest BCUT2D eigenvalue weighted by molar-refractivity contribution is -0.118. The van der Waals surface area contributed by atoms with E-state index < -0.39 is 0 Å². The quantitative estimate of drug-likeness (QED) is 0.428. The summed E-state index contributed by atoms with van der Waals surface area (Å²) in [7, 11) is 1.63. The van der Waals surface area contributed by atoms with E-state index in [1.54, 1.807) is 13.3 Å². The topological polar surface area (TPSA) is 81.9 Å². The molecular formula is C23H21N5O2S. The third kappa shape index (κ3) is 5.10. The van der Waals surface area contributed by atoms with Crippen molar-refractivity contribution in [1.29, 1.82) is 0 Å². The maximum absolute atomic E-state index is 12.4. The normalized spacial score (nSPS) is 10.6. The van der Waals surface area contributed by atoms with E-state index in [4.69, 9.17) is 4.74 Å². The molecule has 0 fully saturated rings. The number of pyridine rings is 1. The summed E-state index contributed by atoms with van der Waals surface area (Å²) in [5.74, 6) is 1.60. The van der Waals surface area contributed by atoms with Crippen LogP contribution in [0.3, 0.4) is 0 Å². The molecule has 0 radical (unpaired) electrons. The van der Waals surface area contributed by atoms with Crippen molar-refractivity contribution in [3.05, 3.63) is 84.7 Å². The fourth-order valence-corrected chi connectivity index (χ4v) is 3.76. The minimum absolute atomic E-state index is 0.0933. The van der Waals surface area contributed by atoms with Gasteiger partial charge in [0.1, 0.15) is 5.75 Å². The number of methoxy groups -OCH3 is 1. The second-order valence-electron chi connectivity index (χ2n) is 6.59. The Morgan fingerprint density at radius 2 is 1.77 bits per heavy atom. The molecule has 8 heteroatoms. The fraction of sp³-hybridized carbons (Fsp3) is 0.130. The van der Waals surface area contributed by atoms with Crippen molar-refractivity contribution in [3.63, 3.8) is 0 Å². The molecule has 0 aliphatic carbocycles. The molecule has 0 bridgehead atoms. The van der Waals surface area contributed by atoms with Crippen molar-refractivity contribution in [2.75, 3.05) is 12.9 Å². The van der Waals surface area contributed by atoms with Gasteiger partial charge in [0.2, 0.25) is 5.91 Å². The van der Waals surface area contributed by atoms with Crippen LogP contribution in [0.2, 0.25) is 0 Å². The summed E-state index contributed by atoms with van der Waals surface area (Å²) in [4.78, 5) is 16.6. The van der Waals surface area contributed by atoms with Gasteiger partial charge in [-0.2, -0.15) is 0 Å². The number of para-hydroxylation sites is 1. The van der Waals surface area contributed by atoms with Crippen LogP contribution in [0.4, 0.5) is 0 Å². The molecule has 2 heterocycles. The number of rotatable bonds is 8. The zero-order valence-electron chi connectivity index (χ0n) is 16.9. The summed E-state index contributed by atoms with van der Waals surface area (Å²) >= 11 is 1.34. The van der Waals surface area contributed by atoms with Crippen LogP contribution in [0.15, 0.2) is 84.1 Å². The van der Waals surface area contributed by atoms with Crippen molar-refractivity contribution in [1.82, 2.24) is 25.1 Å². The summed E-state index contributed by atoms with van der Waals surface area (Å²) in [5, 5.41) is 12.3. The molecule has 0 saturated carbocycles. The number of ether oxygens (including phenoxy) is 1. The number of hydrogen-bond acceptors (Lipinski definition) is 6. The number of hydrogen-bond donors (Lipinski definition) is 1.